The van der Waals surface area contributed by atoms with Crippen LogP contribution in [0.5, 0.6) is 0 Å². The van der Waals surface area contributed by atoms with Crippen molar-refractivity contribution in [3.05, 3.63) is 28.8 Å². The van der Waals surface area contributed by atoms with Gasteiger partial charge < -0.3 is 4.55 Å². The number of hydrogen-bond donors (Lipinski definition) is 1. The molecule has 1 fully saturated rings. The molecular weight excluding hydrogens is 312 g/mol. The molecule has 0 aromatic heterocycles. The molecule has 23 heavy (non-hydrogen) atoms. The van der Waals surface area contributed by atoms with Crippen LogP contribution in [0, 0.1) is 20.8 Å². The summed E-state index contributed by atoms with van der Waals surface area (Å²) in [7, 11) is -0.144. The maximum absolute atomic E-state index is 10.8. The average molecular weight is 343 g/mol. The van der Waals surface area contributed by atoms with Crippen LogP contribution in [0.4, 0.5) is 0 Å². The van der Waals surface area contributed by atoms with Crippen molar-refractivity contribution in [3.8, 4) is 0 Å². The fraction of sp³-hybridized carbons (Fsp3) is 0.647. The molecule has 0 unspecified atom stereocenters. The normalized spacial score (nSPS) is 16.7. The largest absolute Gasteiger partial charge is 0.744 e. The second-order valence-electron chi connectivity index (χ2n) is 7.10. The molecule has 0 aliphatic heterocycles. The second kappa shape index (κ2) is 7.75. The summed E-state index contributed by atoms with van der Waals surface area (Å²) in [5.74, 6) is 5.95. The molecule has 0 atom stereocenters. The summed E-state index contributed by atoms with van der Waals surface area (Å²) in [5.41, 5.74) is 2.00. The summed E-state index contributed by atoms with van der Waals surface area (Å²) in [4.78, 5) is -0.0851. The Morgan fingerprint density at radius 3 is 1.78 bits per heavy atom. The second-order valence-corrected chi connectivity index (χ2v) is 8.42. The van der Waals surface area contributed by atoms with Crippen LogP contribution in [0.15, 0.2) is 17.0 Å². The first kappa shape index (κ1) is 20.1. The van der Waals surface area contributed by atoms with Crippen molar-refractivity contribution >= 4 is 10.1 Å². The van der Waals surface area contributed by atoms with Gasteiger partial charge in [-0.3, -0.25) is 4.59 Å². The fourth-order valence-electron chi connectivity index (χ4n) is 3.31. The first-order valence-corrected chi connectivity index (χ1v) is 9.49. The van der Waals surface area contributed by atoms with Crippen LogP contribution in [-0.4, -0.2) is 37.7 Å². The minimum Gasteiger partial charge on any atom is -0.744 e. The van der Waals surface area contributed by atoms with E-state index < -0.39 is 10.1 Å². The van der Waals surface area contributed by atoms with Crippen molar-refractivity contribution in [1.29, 1.82) is 0 Å². The average Bonchev–Trinajstić information content (AvgIpc) is 2.36. The Labute approximate surface area is 140 Å². The van der Waals surface area contributed by atoms with Crippen molar-refractivity contribution in [1.82, 2.24) is 0 Å². The summed E-state index contributed by atoms with van der Waals surface area (Å²) < 4.78 is 33.2. The van der Waals surface area contributed by atoms with Gasteiger partial charge in [0.15, 0.2) is 0 Å². The minimum atomic E-state index is -4.33. The molecule has 0 radical (unpaired) electrons. The Morgan fingerprint density at radius 1 is 1.04 bits per heavy atom. The quantitative estimate of drug-likeness (QED) is 0.388. The molecule has 1 aromatic rings. The molecule has 2 rings (SSSR count). The van der Waals surface area contributed by atoms with E-state index in [4.69, 9.17) is 5.84 Å². The van der Waals surface area contributed by atoms with Crippen molar-refractivity contribution in [2.45, 2.75) is 63.8 Å². The van der Waals surface area contributed by atoms with E-state index in [2.05, 4.69) is 14.1 Å². The van der Waals surface area contributed by atoms with Gasteiger partial charge in [-0.1, -0.05) is 24.1 Å². The standard InChI is InChI=1S/C9H12O3S.C8H19N2/c1-6-4-7(2)9(8(3)5-6)13(10,11)12;1-10(2,9)8-6-4-3-5-7-8/h4-5H,1-3H3,(H,10,11,12);8H,3-7,9H2,1-2H3/q;+1/p-1. The van der Waals surface area contributed by atoms with Crippen LogP contribution < -0.4 is 5.84 Å². The first-order valence-electron chi connectivity index (χ1n) is 8.09. The maximum atomic E-state index is 10.8. The minimum absolute atomic E-state index is 0.0851. The van der Waals surface area contributed by atoms with Crippen molar-refractivity contribution in [2.24, 2.45) is 5.84 Å². The molecule has 132 valence electrons. The van der Waals surface area contributed by atoms with Gasteiger partial charge in [-0.05, 0) is 44.7 Å². The molecule has 0 heterocycles. The van der Waals surface area contributed by atoms with E-state index in [9.17, 15) is 13.0 Å². The zero-order chi connectivity index (χ0) is 17.8. The number of aryl methyl sites for hydroxylation is 3. The summed E-state index contributed by atoms with van der Waals surface area (Å²) in [6, 6.07) is 4.10. The number of rotatable bonds is 2. The van der Waals surface area contributed by atoms with E-state index in [0.717, 1.165) is 5.56 Å². The molecule has 0 spiro atoms. The first-order chi connectivity index (χ1) is 10.4. The van der Waals surface area contributed by atoms with Gasteiger partial charge >= 0.3 is 0 Å². The maximum Gasteiger partial charge on any atom is 0.124 e. The number of benzene rings is 1. The highest BCUT2D eigenvalue weighted by atomic mass is 32.2. The third kappa shape index (κ3) is 6.22. The predicted octanol–water partition coefficient (Wildman–Crippen LogP) is 2.79. The van der Waals surface area contributed by atoms with Crippen molar-refractivity contribution in [2.75, 3.05) is 14.1 Å². The molecule has 5 nitrogen and oxygen atoms in total. The number of nitrogens with zero attached hydrogens (tertiary/aromatic N) is 1. The lowest BCUT2D eigenvalue weighted by Gasteiger charge is -2.34. The third-order valence-electron chi connectivity index (χ3n) is 4.37. The molecule has 0 amide bonds. The highest BCUT2D eigenvalue weighted by Crippen LogP contribution is 2.22. The third-order valence-corrected chi connectivity index (χ3v) is 5.51. The molecule has 0 bridgehead atoms. The zero-order valence-corrected chi connectivity index (χ0v) is 15.7. The van der Waals surface area contributed by atoms with Gasteiger partial charge in [-0.15, -0.1) is 0 Å². The lowest BCUT2D eigenvalue weighted by Crippen LogP contribution is -2.55. The molecule has 1 aliphatic rings. The Bertz CT molecular complexity index is 605. The zero-order valence-electron chi connectivity index (χ0n) is 14.9. The molecule has 0 saturated heterocycles. The lowest BCUT2D eigenvalue weighted by molar-refractivity contribution is -0.928. The van der Waals surface area contributed by atoms with E-state index >= 15 is 0 Å². The van der Waals surface area contributed by atoms with E-state index in [1.165, 1.54) is 32.1 Å². The molecule has 1 aromatic carbocycles. The Morgan fingerprint density at radius 2 is 1.48 bits per heavy atom. The van der Waals surface area contributed by atoms with Crippen LogP contribution in [0.1, 0.15) is 48.8 Å². The summed E-state index contributed by atoms with van der Waals surface area (Å²) >= 11 is 0. The summed E-state index contributed by atoms with van der Waals surface area (Å²) in [6.07, 6.45) is 6.82. The summed E-state index contributed by atoms with van der Waals surface area (Å²) in [6.45, 7) is 5.12. The summed E-state index contributed by atoms with van der Waals surface area (Å²) in [5, 5.41) is 0. The number of nitrogens with two attached hydrogens (primary N) is 1. The van der Waals surface area contributed by atoms with E-state index in [1.54, 1.807) is 26.0 Å². The van der Waals surface area contributed by atoms with Crippen molar-refractivity contribution in [3.63, 3.8) is 0 Å². The number of hydrogen-bond acceptors (Lipinski definition) is 4. The van der Waals surface area contributed by atoms with Crippen LogP contribution >= 0.6 is 0 Å². The van der Waals surface area contributed by atoms with Gasteiger partial charge in [0, 0.05) is 12.8 Å². The fourth-order valence-corrected chi connectivity index (χ4v) is 4.21. The Hall–Kier alpha value is -0.950. The van der Waals surface area contributed by atoms with Crippen LogP contribution in [0.2, 0.25) is 0 Å². The smallest absolute Gasteiger partial charge is 0.124 e. The van der Waals surface area contributed by atoms with Gasteiger partial charge in [-0.2, -0.15) is 5.84 Å². The van der Waals surface area contributed by atoms with Gasteiger partial charge in [0.25, 0.3) is 0 Å². The van der Waals surface area contributed by atoms with E-state index in [-0.39, 0.29) is 4.90 Å². The Kier molecular flexibility index (Phi) is 6.77. The van der Waals surface area contributed by atoms with Crippen molar-refractivity contribution < 1.29 is 17.6 Å². The predicted molar refractivity (Wildman–Crippen MR) is 91.8 cm³/mol. The molecule has 2 N–H and O–H groups in total. The van der Waals surface area contributed by atoms with Crippen LogP contribution in [0.25, 0.3) is 0 Å². The Balaban J connectivity index is 0.000000238. The molecule has 1 saturated carbocycles. The van der Waals surface area contributed by atoms with Gasteiger partial charge in [0.2, 0.25) is 0 Å². The molecule has 6 heteroatoms. The highest BCUT2D eigenvalue weighted by Gasteiger charge is 2.26. The molecular formula is C17H30N2O3S. The SMILES string of the molecule is C[N+](C)(N)C1CCCCC1.Cc1cc(C)c(S(=O)(=O)[O-])c(C)c1. The monoisotopic (exact) mass is 342 g/mol. The van der Waals surface area contributed by atoms with Gasteiger partial charge in [0.1, 0.15) is 16.2 Å². The topological polar surface area (TPSA) is 83.2 Å². The van der Waals surface area contributed by atoms with E-state index in [0.29, 0.717) is 21.8 Å². The highest BCUT2D eigenvalue weighted by molar-refractivity contribution is 7.85. The number of quaternary nitrogens is 1. The lowest BCUT2D eigenvalue weighted by atomic mass is 9.94. The van der Waals surface area contributed by atoms with E-state index in [1.807, 2.05) is 6.92 Å². The van der Waals surface area contributed by atoms with Gasteiger partial charge in [-0.25, -0.2) is 8.42 Å². The van der Waals surface area contributed by atoms with Crippen LogP contribution in [0.3, 0.4) is 0 Å². The van der Waals surface area contributed by atoms with Gasteiger partial charge in [0.05, 0.1) is 19.0 Å². The molecule has 1 aliphatic carbocycles. The van der Waals surface area contributed by atoms with Crippen LogP contribution in [-0.2, 0) is 10.1 Å².